The van der Waals surface area contributed by atoms with Gasteiger partial charge in [0.25, 0.3) is 5.56 Å². The van der Waals surface area contributed by atoms with Crippen molar-refractivity contribution in [2.24, 2.45) is 0 Å². The second-order valence-corrected chi connectivity index (χ2v) is 7.34. The lowest BCUT2D eigenvalue weighted by Gasteiger charge is -2.15. The van der Waals surface area contributed by atoms with Crippen molar-refractivity contribution < 1.29 is 9.84 Å². The molecule has 3 aromatic rings. The molecule has 5 nitrogen and oxygen atoms in total. The number of rotatable bonds is 6. The molecule has 0 aliphatic carbocycles. The summed E-state index contributed by atoms with van der Waals surface area (Å²) in [5, 5.41) is 10.9. The number of hydrogen-bond donors (Lipinski definition) is 1. The molecule has 2 aromatic heterocycles. The summed E-state index contributed by atoms with van der Waals surface area (Å²) < 4.78 is 7.14. The van der Waals surface area contributed by atoms with E-state index in [0.29, 0.717) is 5.39 Å². The van der Waals surface area contributed by atoms with Crippen LogP contribution in [0.5, 0.6) is 5.75 Å². The minimum atomic E-state index is -0.790. The Hall–Kier alpha value is -2.18. The van der Waals surface area contributed by atoms with Gasteiger partial charge >= 0.3 is 0 Å². The number of aliphatic hydroxyl groups is 1. The van der Waals surface area contributed by atoms with Crippen molar-refractivity contribution in [3.8, 4) is 5.75 Å². The lowest BCUT2D eigenvalue weighted by atomic mass is 10.1. The van der Waals surface area contributed by atoms with E-state index in [1.807, 2.05) is 38.1 Å². The zero-order valence-electron chi connectivity index (χ0n) is 14.7. The first kappa shape index (κ1) is 17.6. The highest BCUT2D eigenvalue weighted by atomic mass is 32.1. The van der Waals surface area contributed by atoms with Crippen LogP contribution in [0, 0.1) is 13.8 Å². The Labute approximate surface area is 150 Å². The van der Waals surface area contributed by atoms with Crippen LogP contribution in [0.25, 0.3) is 10.2 Å². The molecule has 0 saturated carbocycles. The Balaban J connectivity index is 1.70. The Morgan fingerprint density at radius 1 is 1.32 bits per heavy atom. The molecule has 0 aliphatic rings. The number of hydrogen-bond acceptors (Lipinski definition) is 5. The summed E-state index contributed by atoms with van der Waals surface area (Å²) >= 11 is 1.54. The zero-order chi connectivity index (χ0) is 18.0. The molecule has 0 radical (unpaired) electrons. The average Bonchev–Trinajstić information content (AvgIpc) is 3.01. The molecule has 2 heterocycles. The number of nitrogens with zero attached hydrogens (tertiary/aromatic N) is 2. The Bertz CT molecular complexity index is 945. The van der Waals surface area contributed by atoms with E-state index in [2.05, 4.69) is 11.9 Å². The summed E-state index contributed by atoms with van der Waals surface area (Å²) in [7, 11) is 0. The van der Waals surface area contributed by atoms with Crippen LogP contribution in [0.4, 0.5) is 0 Å². The topological polar surface area (TPSA) is 64.4 Å². The molecule has 25 heavy (non-hydrogen) atoms. The lowest BCUT2D eigenvalue weighted by Crippen LogP contribution is -2.30. The minimum absolute atomic E-state index is 0.119. The average molecular weight is 358 g/mol. The highest BCUT2D eigenvalue weighted by Gasteiger charge is 2.12. The van der Waals surface area contributed by atoms with Gasteiger partial charge in [-0.15, -0.1) is 11.3 Å². The maximum Gasteiger partial charge on any atom is 0.262 e. The first-order chi connectivity index (χ1) is 12.0. The van der Waals surface area contributed by atoms with Crippen molar-refractivity contribution in [1.82, 2.24) is 9.55 Å². The van der Waals surface area contributed by atoms with Crippen LogP contribution < -0.4 is 10.3 Å². The van der Waals surface area contributed by atoms with Crippen LogP contribution in [0.2, 0.25) is 0 Å². The summed E-state index contributed by atoms with van der Waals surface area (Å²) in [4.78, 5) is 18.8. The Kier molecular flexibility index (Phi) is 5.20. The summed E-state index contributed by atoms with van der Waals surface area (Å²) in [6.45, 7) is 6.33. The Morgan fingerprint density at radius 3 is 2.84 bits per heavy atom. The number of thiophene rings is 1. The summed E-state index contributed by atoms with van der Waals surface area (Å²) in [6.07, 6.45) is 1.59. The van der Waals surface area contributed by atoms with Crippen molar-refractivity contribution in [2.45, 2.75) is 39.8 Å². The molecule has 1 N–H and O–H groups in total. The third-order valence-electron chi connectivity index (χ3n) is 4.09. The quantitative estimate of drug-likeness (QED) is 0.735. The number of aliphatic hydroxyl groups excluding tert-OH is 1. The van der Waals surface area contributed by atoms with E-state index < -0.39 is 6.10 Å². The highest BCUT2D eigenvalue weighted by Crippen LogP contribution is 2.21. The van der Waals surface area contributed by atoms with Crippen LogP contribution in [0.3, 0.4) is 0 Å². The monoisotopic (exact) mass is 358 g/mol. The van der Waals surface area contributed by atoms with E-state index in [1.165, 1.54) is 27.8 Å². The summed E-state index contributed by atoms with van der Waals surface area (Å²) in [5.74, 6) is 0.746. The van der Waals surface area contributed by atoms with Crippen molar-refractivity contribution in [1.29, 1.82) is 0 Å². The van der Waals surface area contributed by atoms with Gasteiger partial charge in [-0.25, -0.2) is 4.98 Å². The molecule has 0 aliphatic heterocycles. The van der Waals surface area contributed by atoms with Crippen LogP contribution in [-0.4, -0.2) is 27.4 Å². The van der Waals surface area contributed by atoms with E-state index >= 15 is 0 Å². The molecule has 0 amide bonds. The second-order valence-electron chi connectivity index (χ2n) is 6.22. The van der Waals surface area contributed by atoms with Crippen LogP contribution >= 0.6 is 11.3 Å². The maximum absolute atomic E-state index is 12.5. The van der Waals surface area contributed by atoms with Crippen LogP contribution in [0.15, 0.2) is 35.4 Å². The molecule has 1 aromatic carbocycles. The molecular formula is C19H22N2O3S. The molecule has 1 atom stereocenters. The number of aryl methyl sites for hydroxylation is 3. The van der Waals surface area contributed by atoms with Gasteiger partial charge in [-0.3, -0.25) is 9.36 Å². The van der Waals surface area contributed by atoms with Crippen molar-refractivity contribution in [2.75, 3.05) is 6.61 Å². The van der Waals surface area contributed by atoms with E-state index in [9.17, 15) is 9.90 Å². The molecule has 0 fully saturated rings. The highest BCUT2D eigenvalue weighted by molar-refractivity contribution is 7.18. The summed E-state index contributed by atoms with van der Waals surface area (Å²) in [5.41, 5.74) is 2.07. The zero-order valence-corrected chi connectivity index (χ0v) is 15.5. The lowest BCUT2D eigenvalue weighted by molar-refractivity contribution is 0.0911. The Morgan fingerprint density at radius 2 is 2.12 bits per heavy atom. The number of ether oxygens (including phenoxy) is 1. The van der Waals surface area contributed by atoms with Gasteiger partial charge in [0.15, 0.2) is 0 Å². The van der Waals surface area contributed by atoms with E-state index in [0.717, 1.165) is 27.4 Å². The standard InChI is InChI=1S/C19H22N2O3S/c1-4-15-8-16-18(25-15)20-11-21(19(16)23)9-14(22)10-24-17-6-5-12(2)7-13(17)3/h5-8,11,14,22H,4,9-10H2,1-3H3. The van der Waals surface area contributed by atoms with Crippen LogP contribution in [0.1, 0.15) is 22.9 Å². The van der Waals surface area contributed by atoms with Gasteiger partial charge < -0.3 is 9.84 Å². The second kappa shape index (κ2) is 7.37. The van der Waals surface area contributed by atoms with Gasteiger partial charge in [0, 0.05) is 4.88 Å². The molecule has 0 spiro atoms. The fourth-order valence-corrected chi connectivity index (χ4v) is 3.67. The fraction of sp³-hybridized carbons (Fsp3) is 0.368. The van der Waals surface area contributed by atoms with E-state index in [1.54, 1.807) is 0 Å². The van der Waals surface area contributed by atoms with E-state index in [-0.39, 0.29) is 18.7 Å². The van der Waals surface area contributed by atoms with Crippen LogP contribution in [-0.2, 0) is 13.0 Å². The molecule has 6 heteroatoms. The minimum Gasteiger partial charge on any atom is -0.491 e. The fourth-order valence-electron chi connectivity index (χ4n) is 2.74. The third-order valence-corrected chi connectivity index (χ3v) is 5.27. The first-order valence-corrected chi connectivity index (χ1v) is 9.15. The summed E-state index contributed by atoms with van der Waals surface area (Å²) in [6, 6.07) is 7.80. The smallest absolute Gasteiger partial charge is 0.262 e. The van der Waals surface area contributed by atoms with Gasteiger partial charge in [0.05, 0.1) is 18.3 Å². The molecular weight excluding hydrogens is 336 g/mol. The molecule has 132 valence electrons. The number of benzene rings is 1. The van der Waals surface area contributed by atoms with Gasteiger partial charge in [-0.1, -0.05) is 24.6 Å². The molecule has 0 saturated heterocycles. The predicted octanol–water partition coefficient (Wildman–Crippen LogP) is 3.08. The van der Waals surface area contributed by atoms with Crippen molar-refractivity contribution in [3.63, 3.8) is 0 Å². The molecule has 1 unspecified atom stereocenters. The number of aromatic nitrogens is 2. The van der Waals surface area contributed by atoms with Crippen molar-refractivity contribution >= 4 is 21.6 Å². The van der Waals surface area contributed by atoms with Gasteiger partial charge in [0.2, 0.25) is 0 Å². The van der Waals surface area contributed by atoms with Gasteiger partial charge in [-0.05, 0) is 38.0 Å². The maximum atomic E-state index is 12.5. The van der Waals surface area contributed by atoms with E-state index in [4.69, 9.17) is 4.74 Å². The first-order valence-electron chi connectivity index (χ1n) is 8.34. The van der Waals surface area contributed by atoms with Crippen molar-refractivity contribution in [3.05, 3.63) is 57.0 Å². The molecule has 0 bridgehead atoms. The normalized spacial score (nSPS) is 12.5. The van der Waals surface area contributed by atoms with Gasteiger partial charge in [-0.2, -0.15) is 0 Å². The largest absolute Gasteiger partial charge is 0.491 e. The van der Waals surface area contributed by atoms with Gasteiger partial charge in [0.1, 0.15) is 23.3 Å². The SMILES string of the molecule is CCc1cc2c(=O)n(CC(O)COc3ccc(C)cc3C)cnc2s1. The third kappa shape index (κ3) is 3.91. The number of fused-ring (bicyclic) bond motifs is 1. The molecule has 3 rings (SSSR count). The predicted molar refractivity (Wildman–Crippen MR) is 101 cm³/mol.